The normalized spacial score (nSPS) is 14.7. The van der Waals surface area contributed by atoms with Crippen LogP contribution in [0.15, 0.2) is 6.33 Å². The first-order valence-electron chi connectivity index (χ1n) is 4.88. The first-order valence-corrected chi connectivity index (χ1v) is 4.88. The van der Waals surface area contributed by atoms with Gasteiger partial charge in [0, 0.05) is 14.2 Å². The molecule has 90 valence electrons. The van der Waals surface area contributed by atoms with Crippen LogP contribution in [0.5, 0.6) is 0 Å². The van der Waals surface area contributed by atoms with Crippen LogP contribution in [0.2, 0.25) is 0 Å². The quantitative estimate of drug-likeness (QED) is 0.686. The van der Waals surface area contributed by atoms with Crippen LogP contribution in [0, 0.1) is 0 Å². The van der Waals surface area contributed by atoms with Crippen LogP contribution in [0.4, 0.5) is 0 Å². The largest absolute Gasteiger partial charge is 0.480 e. The van der Waals surface area contributed by atoms with E-state index in [-0.39, 0.29) is 12.6 Å². The van der Waals surface area contributed by atoms with E-state index in [9.17, 15) is 4.79 Å². The Morgan fingerprint density at radius 3 is 2.88 bits per heavy atom. The Labute approximate surface area is 93.4 Å². The van der Waals surface area contributed by atoms with Crippen LogP contribution in [0.3, 0.4) is 0 Å². The Morgan fingerprint density at radius 1 is 1.75 bits per heavy atom. The Kier molecular flexibility index (Phi) is 4.39. The third-order valence-corrected chi connectivity index (χ3v) is 2.22. The summed E-state index contributed by atoms with van der Waals surface area (Å²) in [4.78, 5) is 10.9. The summed E-state index contributed by atoms with van der Waals surface area (Å²) in [6.07, 6.45) is 1.57. The zero-order chi connectivity index (χ0) is 12.1. The molecule has 0 aromatic carbocycles. The van der Waals surface area contributed by atoms with Gasteiger partial charge < -0.3 is 14.4 Å². The highest BCUT2D eigenvalue weighted by Crippen LogP contribution is 2.08. The highest BCUT2D eigenvalue weighted by molar-refractivity contribution is 5.73. The minimum Gasteiger partial charge on any atom is -0.480 e. The molecule has 7 heteroatoms. The van der Waals surface area contributed by atoms with Crippen molar-refractivity contribution < 1.29 is 14.6 Å². The van der Waals surface area contributed by atoms with Gasteiger partial charge in [-0.3, -0.25) is 10.1 Å². The van der Waals surface area contributed by atoms with Crippen molar-refractivity contribution in [3.8, 4) is 0 Å². The molecule has 0 aliphatic carbocycles. The smallest absolute Gasteiger partial charge is 0.323 e. The lowest BCUT2D eigenvalue weighted by atomic mass is 10.2. The van der Waals surface area contributed by atoms with Crippen LogP contribution in [0.25, 0.3) is 0 Å². The number of methoxy groups -OCH3 is 1. The summed E-state index contributed by atoms with van der Waals surface area (Å²) in [6, 6.07) is -0.958. The monoisotopic (exact) mass is 228 g/mol. The summed E-state index contributed by atoms with van der Waals surface area (Å²) in [6.45, 7) is 1.94. The summed E-state index contributed by atoms with van der Waals surface area (Å²) in [5.41, 5.74) is 0. The number of nitrogens with one attached hydrogen (secondary N) is 1. The van der Waals surface area contributed by atoms with Crippen LogP contribution >= 0.6 is 0 Å². The maximum Gasteiger partial charge on any atom is 0.323 e. The zero-order valence-corrected chi connectivity index (χ0v) is 9.54. The minimum absolute atomic E-state index is 0.109. The Balaban J connectivity index is 2.65. The molecule has 16 heavy (non-hydrogen) atoms. The van der Waals surface area contributed by atoms with Gasteiger partial charge in [0.25, 0.3) is 0 Å². The van der Waals surface area contributed by atoms with Crippen molar-refractivity contribution >= 4 is 5.97 Å². The van der Waals surface area contributed by atoms with Crippen molar-refractivity contribution in [2.45, 2.75) is 19.0 Å². The second-order valence-corrected chi connectivity index (χ2v) is 3.53. The number of aliphatic carboxylic acids is 1. The van der Waals surface area contributed by atoms with E-state index in [1.165, 1.54) is 7.11 Å². The molecule has 0 aliphatic heterocycles. The summed E-state index contributed by atoms with van der Waals surface area (Å²) < 4.78 is 6.57. The fraction of sp³-hybridized carbons (Fsp3) is 0.667. The maximum absolute atomic E-state index is 10.9. The molecule has 0 saturated carbocycles. The third-order valence-electron chi connectivity index (χ3n) is 2.22. The molecule has 2 atom stereocenters. The number of nitrogens with zero attached hydrogens (tertiary/aromatic N) is 3. The SMILES string of the molecule is COCC(NC(C)c1nncn1C)C(=O)O. The lowest BCUT2D eigenvalue weighted by Crippen LogP contribution is -2.42. The summed E-state index contributed by atoms with van der Waals surface area (Å²) in [5, 5.41) is 19.5. The average Bonchev–Trinajstić information content (AvgIpc) is 2.63. The number of carboxylic acids is 1. The Bertz CT molecular complexity index is 352. The second kappa shape index (κ2) is 5.57. The van der Waals surface area contributed by atoms with Gasteiger partial charge in [0.2, 0.25) is 0 Å². The molecule has 0 fully saturated rings. The molecule has 1 aromatic rings. The molecule has 1 aromatic heterocycles. The van der Waals surface area contributed by atoms with Crippen molar-refractivity contribution in [1.82, 2.24) is 20.1 Å². The topological polar surface area (TPSA) is 89.3 Å². The zero-order valence-electron chi connectivity index (χ0n) is 9.54. The van der Waals surface area contributed by atoms with Gasteiger partial charge in [-0.2, -0.15) is 0 Å². The number of hydrogen-bond acceptors (Lipinski definition) is 5. The van der Waals surface area contributed by atoms with Gasteiger partial charge in [-0.05, 0) is 6.92 Å². The molecule has 2 unspecified atom stereocenters. The lowest BCUT2D eigenvalue weighted by molar-refractivity contribution is -0.141. The molecular formula is C9H16N4O3. The molecule has 2 N–H and O–H groups in total. The second-order valence-electron chi connectivity index (χ2n) is 3.53. The molecule has 1 heterocycles. The number of rotatable bonds is 6. The number of carboxylic acid groups (broad SMARTS) is 1. The van der Waals surface area contributed by atoms with Gasteiger partial charge in [0.1, 0.15) is 18.2 Å². The Hall–Kier alpha value is -1.47. The fourth-order valence-corrected chi connectivity index (χ4v) is 1.42. The van der Waals surface area contributed by atoms with E-state index in [1.807, 2.05) is 6.92 Å². The van der Waals surface area contributed by atoms with Gasteiger partial charge in [-0.25, -0.2) is 0 Å². The van der Waals surface area contributed by atoms with Gasteiger partial charge in [0.15, 0.2) is 0 Å². The molecule has 0 spiro atoms. The molecule has 7 nitrogen and oxygen atoms in total. The van der Waals surface area contributed by atoms with Gasteiger partial charge in [-0.15, -0.1) is 10.2 Å². The predicted octanol–water partition coefficient (Wildman–Crippen LogP) is -0.435. The number of hydrogen-bond donors (Lipinski definition) is 2. The van der Waals surface area contributed by atoms with E-state index in [2.05, 4.69) is 15.5 Å². The van der Waals surface area contributed by atoms with Crippen molar-refractivity contribution in [1.29, 1.82) is 0 Å². The number of aryl methyl sites for hydroxylation is 1. The lowest BCUT2D eigenvalue weighted by Gasteiger charge is -2.18. The molecule has 1 rings (SSSR count). The molecule has 0 amide bonds. The molecule has 0 radical (unpaired) electrons. The highest BCUT2D eigenvalue weighted by Gasteiger charge is 2.21. The third kappa shape index (κ3) is 3.01. The van der Waals surface area contributed by atoms with Gasteiger partial charge in [-0.1, -0.05) is 0 Å². The standard InChI is InChI=1S/C9H16N4O3/c1-6(8-12-10-5-13(8)2)11-7(4-16-3)9(14)15/h5-7,11H,4H2,1-3H3,(H,14,15). The molecule has 0 aliphatic rings. The Morgan fingerprint density at radius 2 is 2.44 bits per heavy atom. The van der Waals surface area contributed by atoms with Gasteiger partial charge in [0.05, 0.1) is 12.6 Å². The number of ether oxygens (including phenoxy) is 1. The highest BCUT2D eigenvalue weighted by atomic mass is 16.5. The number of aromatic nitrogens is 3. The van der Waals surface area contributed by atoms with E-state index in [0.29, 0.717) is 5.82 Å². The van der Waals surface area contributed by atoms with Crippen LogP contribution in [-0.4, -0.2) is 45.6 Å². The molecule has 0 saturated heterocycles. The summed E-state index contributed by atoms with van der Waals surface area (Å²) in [7, 11) is 3.27. The summed E-state index contributed by atoms with van der Waals surface area (Å²) in [5.74, 6) is -0.266. The van der Waals surface area contributed by atoms with Crippen LogP contribution in [-0.2, 0) is 16.6 Å². The van der Waals surface area contributed by atoms with E-state index in [4.69, 9.17) is 9.84 Å². The van der Waals surface area contributed by atoms with Gasteiger partial charge >= 0.3 is 5.97 Å². The van der Waals surface area contributed by atoms with Crippen molar-refractivity contribution in [3.63, 3.8) is 0 Å². The summed E-state index contributed by atoms with van der Waals surface area (Å²) >= 11 is 0. The van der Waals surface area contributed by atoms with E-state index in [0.717, 1.165) is 0 Å². The van der Waals surface area contributed by atoms with Crippen molar-refractivity contribution in [3.05, 3.63) is 12.2 Å². The van der Waals surface area contributed by atoms with E-state index < -0.39 is 12.0 Å². The first kappa shape index (κ1) is 12.6. The first-order chi connectivity index (χ1) is 7.56. The predicted molar refractivity (Wildman–Crippen MR) is 55.9 cm³/mol. The average molecular weight is 228 g/mol. The number of carbonyl (C=O) groups is 1. The minimum atomic E-state index is -0.948. The molecular weight excluding hydrogens is 212 g/mol. The van der Waals surface area contributed by atoms with Crippen molar-refractivity contribution in [2.24, 2.45) is 7.05 Å². The fourth-order valence-electron chi connectivity index (χ4n) is 1.42. The van der Waals surface area contributed by atoms with E-state index >= 15 is 0 Å². The van der Waals surface area contributed by atoms with E-state index in [1.54, 1.807) is 17.9 Å². The molecule has 0 bridgehead atoms. The van der Waals surface area contributed by atoms with Crippen LogP contribution in [0.1, 0.15) is 18.8 Å². The maximum atomic E-state index is 10.9. The van der Waals surface area contributed by atoms with Crippen molar-refractivity contribution in [2.75, 3.05) is 13.7 Å². The van der Waals surface area contributed by atoms with Crippen LogP contribution < -0.4 is 5.32 Å².